The molecule has 6 aromatic rings. The van der Waals surface area contributed by atoms with Crippen molar-refractivity contribution >= 4 is 69.3 Å². The van der Waals surface area contributed by atoms with E-state index < -0.39 is 53.3 Å². The molecule has 0 atom stereocenters. The molecular weight excluding hydrogens is 636 g/mol. The van der Waals surface area contributed by atoms with E-state index in [-0.39, 0.29) is 22.4 Å². The summed E-state index contributed by atoms with van der Waals surface area (Å²) in [7, 11) is 0. The minimum Gasteiger partial charge on any atom is -0.487 e. The molecule has 14 nitrogen and oxygen atoms in total. The number of hydrogen-bond donors (Lipinski definition) is 4. The Kier molecular flexibility index (Phi) is 7.95. The molecule has 6 N–H and O–H groups in total. The molecule has 6 rings (SSSR count). The van der Waals surface area contributed by atoms with Crippen molar-refractivity contribution in [3.8, 4) is 11.5 Å². The van der Waals surface area contributed by atoms with Gasteiger partial charge in [-0.1, -0.05) is 30.3 Å². The highest BCUT2D eigenvalue weighted by atomic mass is 32.1. The van der Waals surface area contributed by atoms with E-state index in [1.165, 1.54) is 24.3 Å². The molecule has 230 valence electrons. The largest absolute Gasteiger partial charge is 0.487 e. The second-order valence-electron chi connectivity index (χ2n) is 9.77. The third kappa shape index (κ3) is 5.53. The number of carboxylic acid groups (broad SMARTS) is 2. The quantitative estimate of drug-likeness (QED) is 0.155. The number of amides is 2. The van der Waals surface area contributed by atoms with Gasteiger partial charge in [-0.05, 0) is 36.4 Å². The van der Waals surface area contributed by atoms with E-state index in [9.17, 15) is 29.4 Å². The summed E-state index contributed by atoms with van der Waals surface area (Å²) < 4.78 is 29.7. The Bertz CT molecular complexity index is 2120. The van der Waals surface area contributed by atoms with Crippen LogP contribution < -0.4 is 20.9 Å². The third-order valence-electron chi connectivity index (χ3n) is 7.04. The summed E-state index contributed by atoms with van der Waals surface area (Å²) in [6.07, 6.45) is -0.996. The summed E-state index contributed by atoms with van der Waals surface area (Å²) in [5.74, 6) is -5.49. The van der Waals surface area contributed by atoms with E-state index >= 15 is 0 Å². The number of primary amides is 2. The Labute approximate surface area is 266 Å². The molecule has 0 saturated heterocycles. The lowest BCUT2D eigenvalue weighted by Crippen LogP contribution is -2.19. The summed E-state index contributed by atoms with van der Waals surface area (Å²) in [6, 6.07) is 16.8. The van der Waals surface area contributed by atoms with Gasteiger partial charge < -0.3 is 31.2 Å². The lowest BCUT2D eigenvalue weighted by atomic mass is 9.98. The average Bonchev–Trinajstić information content (AvgIpc) is 3.72. The SMILES string of the molecule is NC(=O)c1ccc(COc2c(C(=O)O)ccc(OC(c3cccc4nsnc34)c3cccc4nsnc34)c2C(=O)O)c(C(N)=O)c1. The number of carboxylic acids is 2. The van der Waals surface area contributed by atoms with Crippen molar-refractivity contribution in [3.63, 3.8) is 0 Å². The summed E-state index contributed by atoms with van der Waals surface area (Å²) in [4.78, 5) is 48.8. The number of carbonyl (C=O) groups is 4. The number of rotatable bonds is 11. The number of benzene rings is 4. The smallest absolute Gasteiger partial charge is 0.343 e. The van der Waals surface area contributed by atoms with Crippen LogP contribution in [-0.4, -0.2) is 51.5 Å². The number of hydrogen-bond acceptors (Lipinski definition) is 12. The molecule has 2 amide bonds. The van der Waals surface area contributed by atoms with Crippen LogP contribution in [0, 0.1) is 0 Å². The minimum absolute atomic E-state index is 0.00658. The van der Waals surface area contributed by atoms with Gasteiger partial charge in [-0.2, -0.15) is 17.5 Å². The van der Waals surface area contributed by atoms with Crippen LogP contribution in [0.15, 0.2) is 66.7 Å². The normalized spacial score (nSPS) is 11.2. The van der Waals surface area contributed by atoms with E-state index in [2.05, 4.69) is 17.5 Å². The standard InChI is InChI=1S/C30H20N6O8S2/c31-27(37)13-7-8-14(18(11-13)28(32)38)12-43-26-17(29(39)40)9-10-21(22(26)30(41)42)44-25(15-3-1-5-19-23(15)35-45-33-19)16-4-2-6-20-24(16)36-46-34-20/h1-11,25H,12H2,(H2,31,37)(H2,32,38)(H,39,40)(H,41,42). The van der Waals surface area contributed by atoms with E-state index in [1.807, 2.05) is 0 Å². The summed E-state index contributed by atoms with van der Waals surface area (Å²) in [5.41, 5.74) is 13.1. The number of nitrogens with zero attached hydrogens (tertiary/aromatic N) is 4. The predicted molar refractivity (Wildman–Crippen MR) is 165 cm³/mol. The Balaban J connectivity index is 1.49. The molecule has 0 unspecified atom stereocenters. The molecular formula is C30H20N6O8S2. The molecule has 0 aliphatic carbocycles. The van der Waals surface area contributed by atoms with Crippen molar-refractivity contribution in [2.75, 3.05) is 0 Å². The molecule has 0 fully saturated rings. The average molecular weight is 657 g/mol. The van der Waals surface area contributed by atoms with Crippen LogP contribution in [0.5, 0.6) is 11.5 Å². The van der Waals surface area contributed by atoms with Crippen LogP contribution in [0.3, 0.4) is 0 Å². The summed E-state index contributed by atoms with van der Waals surface area (Å²) in [5, 5.41) is 20.4. The third-order valence-corrected chi connectivity index (χ3v) is 8.12. The lowest BCUT2D eigenvalue weighted by molar-refractivity contribution is 0.0680. The van der Waals surface area contributed by atoms with Crippen LogP contribution in [-0.2, 0) is 6.61 Å². The number of nitrogens with two attached hydrogens (primary N) is 2. The zero-order chi connectivity index (χ0) is 32.5. The van der Waals surface area contributed by atoms with Crippen molar-refractivity contribution in [3.05, 3.63) is 106 Å². The first-order valence-corrected chi connectivity index (χ1v) is 14.7. The van der Waals surface area contributed by atoms with Gasteiger partial charge >= 0.3 is 11.9 Å². The highest BCUT2D eigenvalue weighted by Gasteiger charge is 2.30. The Morgan fingerprint density at radius 2 is 1.37 bits per heavy atom. The van der Waals surface area contributed by atoms with Gasteiger partial charge in [0.05, 0.1) is 23.5 Å². The van der Waals surface area contributed by atoms with E-state index in [0.29, 0.717) is 33.2 Å². The molecule has 0 aliphatic heterocycles. The Morgan fingerprint density at radius 3 is 1.91 bits per heavy atom. The van der Waals surface area contributed by atoms with Crippen LogP contribution in [0.25, 0.3) is 22.1 Å². The second-order valence-corrected chi connectivity index (χ2v) is 10.8. The van der Waals surface area contributed by atoms with Gasteiger partial charge in [0.1, 0.15) is 45.6 Å². The van der Waals surface area contributed by atoms with Gasteiger partial charge in [-0.25, -0.2) is 9.59 Å². The van der Waals surface area contributed by atoms with Crippen molar-refractivity contribution in [1.29, 1.82) is 0 Å². The van der Waals surface area contributed by atoms with E-state index in [0.717, 1.165) is 29.5 Å². The number of aromatic carboxylic acids is 2. The minimum atomic E-state index is -1.55. The van der Waals surface area contributed by atoms with Crippen LogP contribution in [0.1, 0.15) is 64.2 Å². The Morgan fingerprint density at radius 1 is 0.739 bits per heavy atom. The first-order valence-electron chi connectivity index (χ1n) is 13.2. The van der Waals surface area contributed by atoms with E-state index in [1.54, 1.807) is 36.4 Å². The molecule has 2 heterocycles. The number of carbonyl (C=O) groups excluding carboxylic acids is 2. The lowest BCUT2D eigenvalue weighted by Gasteiger charge is -2.23. The fourth-order valence-electron chi connectivity index (χ4n) is 4.92. The van der Waals surface area contributed by atoms with Gasteiger partial charge in [0.25, 0.3) is 0 Å². The molecule has 0 saturated carbocycles. The molecule has 0 aliphatic rings. The van der Waals surface area contributed by atoms with Gasteiger partial charge in [0, 0.05) is 27.8 Å². The predicted octanol–water partition coefficient (Wildman–Crippen LogP) is 4.04. The molecule has 2 aromatic heterocycles. The first kappa shape index (κ1) is 30.0. The maximum absolute atomic E-state index is 12.8. The highest BCUT2D eigenvalue weighted by molar-refractivity contribution is 7.00. The number of ether oxygens (including phenoxy) is 2. The van der Waals surface area contributed by atoms with Crippen LogP contribution in [0.2, 0.25) is 0 Å². The van der Waals surface area contributed by atoms with Gasteiger partial charge in [0.15, 0.2) is 11.9 Å². The van der Waals surface area contributed by atoms with Crippen molar-refractivity contribution in [2.45, 2.75) is 12.7 Å². The van der Waals surface area contributed by atoms with Gasteiger partial charge in [0.2, 0.25) is 11.8 Å². The van der Waals surface area contributed by atoms with Gasteiger partial charge in [-0.15, -0.1) is 0 Å². The van der Waals surface area contributed by atoms with Crippen LogP contribution in [0.4, 0.5) is 0 Å². The van der Waals surface area contributed by atoms with Crippen LogP contribution >= 0.6 is 23.5 Å². The molecule has 0 bridgehead atoms. The Hall–Kier alpha value is -6.00. The molecule has 16 heteroatoms. The van der Waals surface area contributed by atoms with Gasteiger partial charge in [-0.3, -0.25) is 9.59 Å². The fraction of sp³-hybridized carbons (Fsp3) is 0.0667. The maximum atomic E-state index is 12.8. The fourth-order valence-corrected chi connectivity index (χ4v) is 6.03. The molecule has 46 heavy (non-hydrogen) atoms. The molecule has 0 spiro atoms. The van der Waals surface area contributed by atoms with Crippen molar-refractivity contribution in [2.24, 2.45) is 11.5 Å². The monoisotopic (exact) mass is 656 g/mol. The number of aromatic nitrogens is 4. The highest BCUT2D eigenvalue weighted by Crippen LogP contribution is 2.40. The summed E-state index contributed by atoms with van der Waals surface area (Å²) in [6.45, 7) is -0.488. The maximum Gasteiger partial charge on any atom is 0.343 e. The van der Waals surface area contributed by atoms with Crippen molar-refractivity contribution < 1.29 is 38.9 Å². The number of fused-ring (bicyclic) bond motifs is 2. The zero-order valence-corrected chi connectivity index (χ0v) is 24.9. The van der Waals surface area contributed by atoms with E-state index in [4.69, 9.17) is 20.9 Å². The molecule has 0 radical (unpaired) electrons. The second kappa shape index (κ2) is 12.2. The zero-order valence-electron chi connectivity index (χ0n) is 23.2. The summed E-state index contributed by atoms with van der Waals surface area (Å²) >= 11 is 2.00. The first-order chi connectivity index (χ1) is 22.1. The van der Waals surface area contributed by atoms with Crippen molar-refractivity contribution in [1.82, 2.24) is 17.5 Å². The topological polar surface area (TPSA) is 231 Å². The molecule has 4 aromatic carbocycles.